The van der Waals surface area contributed by atoms with Crippen LogP contribution in [-0.2, 0) is 0 Å². The minimum Gasteiger partial charge on any atom is -0.362 e. The summed E-state index contributed by atoms with van der Waals surface area (Å²) in [6.07, 6.45) is 1.50. The Morgan fingerprint density at radius 3 is 2.68 bits per heavy atom. The van der Waals surface area contributed by atoms with Gasteiger partial charge in [0.05, 0.1) is 16.0 Å². The number of aryl methyl sites for hydroxylation is 1. The number of nitrogens with zero attached hydrogens (tertiary/aromatic N) is 2. The van der Waals surface area contributed by atoms with Gasteiger partial charge in [0.1, 0.15) is 0 Å². The number of nitro groups is 1. The van der Waals surface area contributed by atoms with Gasteiger partial charge in [-0.3, -0.25) is 15.5 Å². The standard InChI is InChI=1S/C17H18N4O2S2/c1-3-18-17(24)20-19-11-13-6-9-16(15(10-13)21(22)23)25-14-7-4-12(2)5-8-14/h4-11H,3H2,1-2H3,(H2,18,20,24). The van der Waals surface area contributed by atoms with E-state index in [0.29, 0.717) is 22.1 Å². The quantitative estimate of drug-likeness (QED) is 0.346. The molecule has 0 radical (unpaired) electrons. The molecule has 2 N–H and O–H groups in total. The lowest BCUT2D eigenvalue weighted by atomic mass is 10.2. The maximum Gasteiger partial charge on any atom is 0.283 e. The second kappa shape index (κ2) is 9.14. The van der Waals surface area contributed by atoms with E-state index in [1.165, 1.54) is 24.0 Å². The molecule has 0 saturated carbocycles. The second-order valence-corrected chi connectivity index (χ2v) is 6.65. The first kappa shape index (κ1) is 18.9. The number of hydrogen-bond donors (Lipinski definition) is 2. The zero-order chi connectivity index (χ0) is 18.2. The molecule has 130 valence electrons. The number of nitrogens with one attached hydrogen (secondary N) is 2. The van der Waals surface area contributed by atoms with Crippen molar-refractivity contribution in [3.63, 3.8) is 0 Å². The summed E-state index contributed by atoms with van der Waals surface area (Å²) in [7, 11) is 0. The monoisotopic (exact) mass is 374 g/mol. The topological polar surface area (TPSA) is 79.6 Å². The molecular weight excluding hydrogens is 356 g/mol. The Morgan fingerprint density at radius 2 is 2.04 bits per heavy atom. The highest BCUT2D eigenvalue weighted by molar-refractivity contribution is 7.99. The van der Waals surface area contributed by atoms with Crippen molar-refractivity contribution in [1.29, 1.82) is 0 Å². The van der Waals surface area contributed by atoms with E-state index in [0.717, 1.165) is 10.5 Å². The molecule has 0 aliphatic rings. The molecule has 6 nitrogen and oxygen atoms in total. The Hall–Kier alpha value is -2.45. The summed E-state index contributed by atoms with van der Waals surface area (Å²) in [6.45, 7) is 4.62. The Balaban J connectivity index is 2.16. The molecule has 0 bridgehead atoms. The van der Waals surface area contributed by atoms with Gasteiger partial charge in [0.25, 0.3) is 5.69 Å². The van der Waals surface area contributed by atoms with Crippen LogP contribution < -0.4 is 10.7 Å². The van der Waals surface area contributed by atoms with E-state index in [4.69, 9.17) is 12.2 Å². The molecule has 2 aromatic carbocycles. The van der Waals surface area contributed by atoms with Crippen LogP contribution in [0.2, 0.25) is 0 Å². The van der Waals surface area contributed by atoms with Crippen molar-refractivity contribution in [2.75, 3.05) is 6.54 Å². The SMILES string of the molecule is CCNC(=S)NN=Cc1ccc(Sc2ccc(C)cc2)c([N+](=O)[O-])c1. The van der Waals surface area contributed by atoms with Crippen molar-refractivity contribution in [1.82, 2.24) is 10.7 Å². The van der Waals surface area contributed by atoms with Crippen molar-refractivity contribution >= 4 is 41.0 Å². The van der Waals surface area contributed by atoms with Gasteiger partial charge in [-0.2, -0.15) is 5.10 Å². The molecule has 0 atom stereocenters. The van der Waals surface area contributed by atoms with Gasteiger partial charge >= 0.3 is 0 Å². The molecule has 0 spiro atoms. The molecular formula is C17H18N4O2S2. The van der Waals surface area contributed by atoms with Crippen molar-refractivity contribution in [3.05, 3.63) is 63.7 Å². The smallest absolute Gasteiger partial charge is 0.283 e. The highest BCUT2D eigenvalue weighted by Gasteiger charge is 2.15. The largest absolute Gasteiger partial charge is 0.362 e. The van der Waals surface area contributed by atoms with Gasteiger partial charge in [-0.25, -0.2) is 0 Å². The van der Waals surface area contributed by atoms with Crippen molar-refractivity contribution in [3.8, 4) is 0 Å². The number of hydrogen-bond acceptors (Lipinski definition) is 5. The highest BCUT2D eigenvalue weighted by Crippen LogP contribution is 2.35. The third kappa shape index (κ3) is 5.84. The predicted molar refractivity (Wildman–Crippen MR) is 105 cm³/mol. The van der Waals surface area contributed by atoms with E-state index < -0.39 is 0 Å². The normalized spacial score (nSPS) is 10.6. The van der Waals surface area contributed by atoms with Gasteiger partial charge in [-0.1, -0.05) is 35.5 Å². The van der Waals surface area contributed by atoms with Crippen LogP contribution in [0.5, 0.6) is 0 Å². The zero-order valence-electron chi connectivity index (χ0n) is 13.9. The average molecular weight is 374 g/mol. The van der Waals surface area contributed by atoms with Crippen LogP contribution in [0.4, 0.5) is 5.69 Å². The number of thiocarbonyl (C=S) groups is 1. The summed E-state index contributed by atoms with van der Waals surface area (Å²) in [6, 6.07) is 12.9. The summed E-state index contributed by atoms with van der Waals surface area (Å²) < 4.78 is 0. The fourth-order valence-electron chi connectivity index (χ4n) is 1.94. The molecule has 0 aromatic heterocycles. The number of hydrazone groups is 1. The molecule has 2 aromatic rings. The average Bonchev–Trinajstić information content (AvgIpc) is 2.58. The van der Waals surface area contributed by atoms with Crippen molar-refractivity contribution < 1.29 is 4.92 Å². The van der Waals surface area contributed by atoms with Gasteiger partial charge in [0, 0.05) is 23.1 Å². The maximum atomic E-state index is 11.4. The molecule has 25 heavy (non-hydrogen) atoms. The first-order chi connectivity index (χ1) is 12.0. The van der Waals surface area contributed by atoms with Gasteiger partial charge in [0.15, 0.2) is 5.11 Å². The van der Waals surface area contributed by atoms with Crippen LogP contribution in [0.15, 0.2) is 57.4 Å². The van der Waals surface area contributed by atoms with E-state index in [1.54, 1.807) is 12.1 Å². The molecule has 0 unspecified atom stereocenters. The van der Waals surface area contributed by atoms with Crippen LogP contribution in [0.1, 0.15) is 18.1 Å². The van der Waals surface area contributed by atoms with Gasteiger partial charge < -0.3 is 5.32 Å². The lowest BCUT2D eigenvalue weighted by molar-refractivity contribution is -0.387. The lowest BCUT2D eigenvalue weighted by Gasteiger charge is -2.05. The van der Waals surface area contributed by atoms with Crippen molar-refractivity contribution in [2.45, 2.75) is 23.6 Å². The van der Waals surface area contributed by atoms with Crippen LogP contribution in [0.25, 0.3) is 0 Å². The summed E-state index contributed by atoms with van der Waals surface area (Å²) in [5.41, 5.74) is 4.46. The first-order valence-electron chi connectivity index (χ1n) is 7.59. The van der Waals surface area contributed by atoms with E-state index in [1.807, 2.05) is 38.1 Å². The fraction of sp³-hybridized carbons (Fsp3) is 0.176. The Morgan fingerprint density at radius 1 is 1.32 bits per heavy atom. The number of nitro benzene ring substituents is 1. The van der Waals surface area contributed by atoms with E-state index >= 15 is 0 Å². The highest BCUT2D eigenvalue weighted by atomic mass is 32.2. The van der Waals surface area contributed by atoms with Crippen LogP contribution in [0.3, 0.4) is 0 Å². The van der Waals surface area contributed by atoms with Crippen LogP contribution in [-0.4, -0.2) is 22.8 Å². The zero-order valence-corrected chi connectivity index (χ0v) is 15.5. The maximum absolute atomic E-state index is 11.4. The van der Waals surface area contributed by atoms with Gasteiger partial charge in [0.2, 0.25) is 0 Å². The molecule has 0 aliphatic carbocycles. The molecule has 0 saturated heterocycles. The number of benzene rings is 2. The minimum atomic E-state index is -0.384. The summed E-state index contributed by atoms with van der Waals surface area (Å²) in [5.74, 6) is 0. The Kier molecular flexibility index (Phi) is 6.91. The Bertz CT molecular complexity index is 792. The Labute approximate surface area is 155 Å². The first-order valence-corrected chi connectivity index (χ1v) is 8.82. The third-order valence-corrected chi connectivity index (χ3v) is 4.45. The summed E-state index contributed by atoms with van der Waals surface area (Å²) in [5, 5.41) is 18.7. The molecule has 8 heteroatoms. The third-order valence-electron chi connectivity index (χ3n) is 3.15. The van der Waals surface area contributed by atoms with E-state index in [2.05, 4.69) is 15.8 Å². The van der Waals surface area contributed by atoms with Gasteiger partial charge in [-0.15, -0.1) is 0 Å². The molecule has 0 heterocycles. The number of rotatable bonds is 6. The van der Waals surface area contributed by atoms with Crippen molar-refractivity contribution in [2.24, 2.45) is 5.10 Å². The minimum absolute atomic E-state index is 0.0452. The van der Waals surface area contributed by atoms with Crippen LogP contribution >= 0.6 is 24.0 Å². The summed E-state index contributed by atoms with van der Waals surface area (Å²) in [4.78, 5) is 12.5. The second-order valence-electron chi connectivity index (χ2n) is 5.13. The molecule has 2 rings (SSSR count). The molecule has 0 fully saturated rings. The van der Waals surface area contributed by atoms with E-state index in [9.17, 15) is 10.1 Å². The predicted octanol–water partition coefficient (Wildman–Crippen LogP) is 3.87. The van der Waals surface area contributed by atoms with Gasteiger partial charge in [-0.05, 0) is 44.3 Å². The fourth-order valence-corrected chi connectivity index (χ4v) is 3.04. The molecule has 0 aliphatic heterocycles. The summed E-state index contributed by atoms with van der Waals surface area (Å²) >= 11 is 6.35. The lowest BCUT2D eigenvalue weighted by Crippen LogP contribution is -2.31. The van der Waals surface area contributed by atoms with E-state index in [-0.39, 0.29) is 10.6 Å². The van der Waals surface area contributed by atoms with Crippen LogP contribution in [0, 0.1) is 17.0 Å². The molecule has 0 amide bonds.